The summed E-state index contributed by atoms with van der Waals surface area (Å²) in [6.07, 6.45) is 0.612. The summed E-state index contributed by atoms with van der Waals surface area (Å²) in [5, 5.41) is 6.47. The molecule has 0 bridgehead atoms. The zero-order valence-electron chi connectivity index (χ0n) is 19.3. The fraction of sp³-hybridized carbons (Fsp3) is 0.440. The summed E-state index contributed by atoms with van der Waals surface area (Å²) < 4.78 is 16.5. The van der Waals surface area contributed by atoms with Crippen LogP contribution in [-0.4, -0.2) is 68.6 Å². The van der Waals surface area contributed by atoms with Gasteiger partial charge in [0.1, 0.15) is 11.5 Å². The molecule has 2 aliphatic rings. The first-order valence-corrected chi connectivity index (χ1v) is 11.0. The Bertz CT molecular complexity index is 1010. The number of rotatable bonds is 6. The maximum Gasteiger partial charge on any atom is 0.257 e. The molecule has 0 aromatic heterocycles. The molecule has 170 valence electrons. The predicted octanol–water partition coefficient (Wildman–Crippen LogP) is 3.33. The third-order valence-corrected chi connectivity index (χ3v) is 6.26. The van der Waals surface area contributed by atoms with Crippen molar-refractivity contribution >= 4 is 11.6 Å². The lowest BCUT2D eigenvalue weighted by Crippen LogP contribution is -2.43. The van der Waals surface area contributed by atoms with Gasteiger partial charge in [0.2, 0.25) is 0 Å². The number of benzene rings is 2. The largest absolute Gasteiger partial charge is 0.497 e. The standard InChI is InChI=1S/C25H31N3O4/c1-17-5-6-19(13-18(17)2)22-15-23(21-14-20(30-3)7-8-24(21)31-4)28(26-22)25(29)16-27-9-11-32-12-10-27/h5-8,13-14,23H,9-12,15-16H2,1-4H3/t23-/m0/s1. The number of hydrazone groups is 1. The second-order valence-electron chi connectivity index (χ2n) is 8.30. The predicted molar refractivity (Wildman–Crippen MR) is 123 cm³/mol. The molecule has 7 nitrogen and oxygen atoms in total. The van der Waals surface area contributed by atoms with Gasteiger partial charge >= 0.3 is 0 Å². The van der Waals surface area contributed by atoms with Gasteiger partial charge in [-0.2, -0.15) is 5.10 Å². The van der Waals surface area contributed by atoms with Crippen molar-refractivity contribution in [3.05, 3.63) is 58.7 Å². The fourth-order valence-electron chi connectivity index (χ4n) is 4.20. The van der Waals surface area contributed by atoms with Crippen LogP contribution >= 0.6 is 0 Å². The Kier molecular flexibility index (Phi) is 6.77. The van der Waals surface area contributed by atoms with Gasteiger partial charge in [0.05, 0.1) is 45.7 Å². The van der Waals surface area contributed by atoms with Gasteiger partial charge < -0.3 is 14.2 Å². The number of ether oxygens (including phenoxy) is 3. The van der Waals surface area contributed by atoms with Crippen molar-refractivity contribution in [2.24, 2.45) is 5.10 Å². The van der Waals surface area contributed by atoms with Crippen molar-refractivity contribution in [1.82, 2.24) is 9.91 Å². The monoisotopic (exact) mass is 437 g/mol. The van der Waals surface area contributed by atoms with Crippen LogP contribution in [0.5, 0.6) is 11.5 Å². The van der Waals surface area contributed by atoms with E-state index in [0.717, 1.165) is 41.4 Å². The Labute approximate surface area is 189 Å². The normalized spacial score (nSPS) is 19.1. The molecule has 2 aromatic carbocycles. The van der Waals surface area contributed by atoms with E-state index in [-0.39, 0.29) is 11.9 Å². The highest BCUT2D eigenvalue weighted by Crippen LogP contribution is 2.39. The van der Waals surface area contributed by atoms with Gasteiger partial charge in [0.25, 0.3) is 5.91 Å². The van der Waals surface area contributed by atoms with Gasteiger partial charge in [-0.05, 0) is 54.8 Å². The topological polar surface area (TPSA) is 63.6 Å². The molecule has 2 aromatic rings. The molecular weight excluding hydrogens is 406 g/mol. The number of morpholine rings is 1. The highest BCUT2D eigenvalue weighted by Gasteiger charge is 2.36. The third-order valence-electron chi connectivity index (χ3n) is 6.26. The summed E-state index contributed by atoms with van der Waals surface area (Å²) in [5.74, 6) is 1.41. The number of carbonyl (C=O) groups is 1. The molecule has 0 spiro atoms. The van der Waals surface area contributed by atoms with Crippen LogP contribution in [0.25, 0.3) is 0 Å². The first kappa shape index (κ1) is 22.3. The van der Waals surface area contributed by atoms with Gasteiger partial charge in [0.15, 0.2) is 0 Å². The summed E-state index contributed by atoms with van der Waals surface area (Å²) in [7, 11) is 3.28. The van der Waals surface area contributed by atoms with E-state index in [0.29, 0.717) is 26.2 Å². The number of carbonyl (C=O) groups excluding carboxylic acids is 1. The Morgan fingerprint density at radius 3 is 2.53 bits per heavy atom. The van der Waals surface area contributed by atoms with E-state index in [2.05, 4.69) is 36.9 Å². The van der Waals surface area contributed by atoms with Gasteiger partial charge in [-0.25, -0.2) is 5.01 Å². The molecule has 1 amide bonds. The van der Waals surface area contributed by atoms with Gasteiger partial charge in [-0.15, -0.1) is 0 Å². The Hall–Kier alpha value is -2.90. The molecule has 0 aliphatic carbocycles. The van der Waals surface area contributed by atoms with E-state index in [9.17, 15) is 4.79 Å². The van der Waals surface area contributed by atoms with Gasteiger partial charge in [-0.3, -0.25) is 9.69 Å². The van der Waals surface area contributed by atoms with Crippen molar-refractivity contribution < 1.29 is 19.0 Å². The minimum Gasteiger partial charge on any atom is -0.497 e. The third kappa shape index (κ3) is 4.64. The van der Waals surface area contributed by atoms with E-state index < -0.39 is 0 Å². The second-order valence-corrected chi connectivity index (χ2v) is 8.30. The van der Waals surface area contributed by atoms with Gasteiger partial charge in [0, 0.05) is 25.1 Å². The Morgan fingerprint density at radius 2 is 1.84 bits per heavy atom. The number of nitrogens with zero attached hydrogens (tertiary/aromatic N) is 3. The van der Waals surface area contributed by atoms with Crippen LogP contribution in [0.4, 0.5) is 0 Å². The molecule has 2 aliphatic heterocycles. The minimum absolute atomic E-state index is 0.0272. The second kappa shape index (κ2) is 9.71. The molecule has 7 heteroatoms. The zero-order valence-corrected chi connectivity index (χ0v) is 19.3. The molecule has 1 atom stereocenters. The van der Waals surface area contributed by atoms with E-state index >= 15 is 0 Å². The average molecular weight is 438 g/mol. The number of aryl methyl sites for hydroxylation is 2. The molecular formula is C25H31N3O4. The van der Waals surface area contributed by atoms with E-state index in [1.807, 2.05) is 18.2 Å². The SMILES string of the molecule is COc1ccc(OC)c([C@@H]2CC(c3ccc(C)c(C)c3)=NN2C(=O)CN2CCOCC2)c1. The number of hydrogen-bond acceptors (Lipinski definition) is 6. The van der Waals surface area contributed by atoms with Crippen molar-refractivity contribution in [2.75, 3.05) is 47.1 Å². The number of amides is 1. The molecule has 1 fully saturated rings. The molecule has 2 heterocycles. The average Bonchev–Trinajstić information content (AvgIpc) is 3.26. The smallest absolute Gasteiger partial charge is 0.257 e. The molecule has 4 rings (SSSR count). The summed E-state index contributed by atoms with van der Waals surface area (Å²) in [5.41, 5.74) is 5.28. The lowest BCUT2D eigenvalue weighted by molar-refractivity contribution is -0.135. The molecule has 0 N–H and O–H groups in total. The number of hydrogen-bond donors (Lipinski definition) is 0. The molecule has 0 unspecified atom stereocenters. The summed E-state index contributed by atoms with van der Waals surface area (Å²) in [6, 6.07) is 11.8. The van der Waals surface area contributed by atoms with Crippen LogP contribution in [-0.2, 0) is 9.53 Å². The van der Waals surface area contributed by atoms with E-state index in [1.165, 1.54) is 11.1 Å². The summed E-state index contributed by atoms with van der Waals surface area (Å²) in [4.78, 5) is 15.5. The minimum atomic E-state index is -0.259. The van der Waals surface area contributed by atoms with Gasteiger partial charge in [-0.1, -0.05) is 12.1 Å². The van der Waals surface area contributed by atoms with Crippen LogP contribution < -0.4 is 9.47 Å². The molecule has 0 radical (unpaired) electrons. The maximum absolute atomic E-state index is 13.4. The molecule has 1 saturated heterocycles. The lowest BCUT2D eigenvalue weighted by atomic mass is 9.95. The van der Waals surface area contributed by atoms with Crippen LogP contribution in [0.3, 0.4) is 0 Å². The first-order chi connectivity index (χ1) is 15.5. The number of methoxy groups -OCH3 is 2. The van der Waals surface area contributed by atoms with E-state index in [1.54, 1.807) is 19.2 Å². The molecule has 0 saturated carbocycles. The summed E-state index contributed by atoms with van der Waals surface area (Å²) >= 11 is 0. The van der Waals surface area contributed by atoms with Crippen molar-refractivity contribution in [2.45, 2.75) is 26.3 Å². The lowest BCUT2D eigenvalue weighted by Gasteiger charge is -2.29. The van der Waals surface area contributed by atoms with E-state index in [4.69, 9.17) is 19.3 Å². The summed E-state index contributed by atoms with van der Waals surface area (Å²) in [6.45, 7) is 7.31. The zero-order chi connectivity index (χ0) is 22.7. The maximum atomic E-state index is 13.4. The van der Waals surface area contributed by atoms with Crippen molar-refractivity contribution in [3.8, 4) is 11.5 Å². The Balaban J connectivity index is 1.69. The Morgan fingerprint density at radius 1 is 1.06 bits per heavy atom. The van der Waals surface area contributed by atoms with Crippen LogP contribution in [0.15, 0.2) is 41.5 Å². The highest BCUT2D eigenvalue weighted by molar-refractivity contribution is 6.03. The van der Waals surface area contributed by atoms with Crippen LogP contribution in [0, 0.1) is 13.8 Å². The van der Waals surface area contributed by atoms with Crippen molar-refractivity contribution in [3.63, 3.8) is 0 Å². The quantitative estimate of drug-likeness (QED) is 0.694. The fourth-order valence-corrected chi connectivity index (χ4v) is 4.20. The van der Waals surface area contributed by atoms with Crippen molar-refractivity contribution in [1.29, 1.82) is 0 Å². The first-order valence-electron chi connectivity index (χ1n) is 11.0. The molecule has 32 heavy (non-hydrogen) atoms. The van der Waals surface area contributed by atoms with Crippen LogP contribution in [0.1, 0.15) is 34.7 Å². The highest BCUT2D eigenvalue weighted by atomic mass is 16.5. The van der Waals surface area contributed by atoms with Crippen LogP contribution in [0.2, 0.25) is 0 Å².